The van der Waals surface area contributed by atoms with Crippen molar-refractivity contribution in [2.45, 2.75) is 16.7 Å². The molecule has 10 heteroatoms. The molecule has 0 saturated carbocycles. The molecule has 7 nitrogen and oxygen atoms in total. The number of anilines is 2. The third kappa shape index (κ3) is 5.63. The highest BCUT2D eigenvalue weighted by Gasteiger charge is 2.16. The van der Waals surface area contributed by atoms with Gasteiger partial charge in [-0.2, -0.15) is 0 Å². The van der Waals surface area contributed by atoms with Gasteiger partial charge in [0.2, 0.25) is 0 Å². The highest BCUT2D eigenvalue weighted by atomic mass is 35.5. The van der Waals surface area contributed by atoms with Crippen LogP contribution in [0.15, 0.2) is 76.5 Å². The van der Waals surface area contributed by atoms with Gasteiger partial charge in [-0.3, -0.25) is 9.52 Å². The van der Waals surface area contributed by atoms with E-state index in [2.05, 4.69) is 10.0 Å². The standard InChI is InChI=1S/C21H19ClN2O5S2/c1-14-6-9-19(30(2,26)27)13-20(14)21(25)23-16-4-3-5-17(12-16)24-31(28,29)18-10-7-15(22)8-11-18/h3-13,24H,1-2H3,(H,23,25). The first-order valence-electron chi connectivity index (χ1n) is 8.96. The Morgan fingerprint density at radius 1 is 0.839 bits per heavy atom. The summed E-state index contributed by atoms with van der Waals surface area (Å²) in [5.41, 5.74) is 1.39. The fraction of sp³-hybridized carbons (Fsp3) is 0.0952. The van der Waals surface area contributed by atoms with Crippen LogP contribution in [0.2, 0.25) is 5.02 Å². The zero-order valence-corrected chi connectivity index (χ0v) is 19.0. The first-order valence-corrected chi connectivity index (χ1v) is 12.7. The van der Waals surface area contributed by atoms with E-state index in [1.165, 1.54) is 42.5 Å². The summed E-state index contributed by atoms with van der Waals surface area (Å²) in [4.78, 5) is 12.8. The second kappa shape index (κ2) is 8.70. The maximum atomic E-state index is 12.7. The number of sulfone groups is 1. The van der Waals surface area contributed by atoms with Crippen molar-refractivity contribution in [3.8, 4) is 0 Å². The molecule has 0 aliphatic heterocycles. The lowest BCUT2D eigenvalue weighted by atomic mass is 10.1. The van der Waals surface area contributed by atoms with Gasteiger partial charge < -0.3 is 5.32 Å². The molecule has 0 aliphatic carbocycles. The summed E-state index contributed by atoms with van der Waals surface area (Å²) in [6, 6.07) is 16.2. The van der Waals surface area contributed by atoms with E-state index in [-0.39, 0.29) is 21.0 Å². The van der Waals surface area contributed by atoms with Crippen molar-refractivity contribution >= 4 is 48.7 Å². The Morgan fingerprint density at radius 3 is 2.10 bits per heavy atom. The summed E-state index contributed by atoms with van der Waals surface area (Å²) < 4.78 is 51.1. The van der Waals surface area contributed by atoms with Crippen molar-refractivity contribution in [2.24, 2.45) is 0 Å². The van der Waals surface area contributed by atoms with Crippen LogP contribution in [0.1, 0.15) is 15.9 Å². The Hall–Kier alpha value is -2.88. The lowest BCUT2D eigenvalue weighted by molar-refractivity contribution is 0.102. The van der Waals surface area contributed by atoms with Crippen LogP contribution in [0.5, 0.6) is 0 Å². The Morgan fingerprint density at radius 2 is 1.45 bits per heavy atom. The molecule has 0 atom stereocenters. The number of hydrogen-bond donors (Lipinski definition) is 2. The van der Waals surface area contributed by atoms with E-state index in [1.807, 2.05) is 0 Å². The molecular formula is C21H19ClN2O5S2. The summed E-state index contributed by atoms with van der Waals surface area (Å²) in [5, 5.41) is 3.08. The zero-order valence-electron chi connectivity index (χ0n) is 16.6. The van der Waals surface area contributed by atoms with Gasteiger partial charge >= 0.3 is 0 Å². The molecule has 162 valence electrons. The minimum Gasteiger partial charge on any atom is -0.322 e. The first-order chi connectivity index (χ1) is 14.5. The maximum absolute atomic E-state index is 12.7. The molecule has 0 bridgehead atoms. The van der Waals surface area contributed by atoms with E-state index in [0.717, 1.165) is 6.26 Å². The summed E-state index contributed by atoms with van der Waals surface area (Å²) in [5.74, 6) is -0.513. The van der Waals surface area contributed by atoms with E-state index in [9.17, 15) is 21.6 Å². The van der Waals surface area contributed by atoms with Gasteiger partial charge in [-0.1, -0.05) is 23.7 Å². The van der Waals surface area contributed by atoms with Gasteiger partial charge in [0, 0.05) is 22.5 Å². The molecular weight excluding hydrogens is 460 g/mol. The van der Waals surface area contributed by atoms with Gasteiger partial charge in [0.1, 0.15) is 0 Å². The molecule has 3 aromatic carbocycles. The van der Waals surface area contributed by atoms with Crippen molar-refractivity contribution < 1.29 is 21.6 Å². The quantitative estimate of drug-likeness (QED) is 0.554. The highest BCUT2D eigenvalue weighted by Crippen LogP contribution is 2.22. The second-order valence-electron chi connectivity index (χ2n) is 6.84. The molecule has 0 unspecified atom stereocenters. The van der Waals surface area contributed by atoms with Crippen LogP contribution in [-0.4, -0.2) is 29.0 Å². The highest BCUT2D eigenvalue weighted by molar-refractivity contribution is 7.92. The summed E-state index contributed by atoms with van der Waals surface area (Å²) >= 11 is 5.80. The Bertz CT molecular complexity index is 1350. The molecule has 0 aromatic heterocycles. The van der Waals surface area contributed by atoms with E-state index in [1.54, 1.807) is 31.2 Å². The van der Waals surface area contributed by atoms with E-state index < -0.39 is 25.8 Å². The Balaban J connectivity index is 1.83. The minimum atomic E-state index is -3.84. The Kier molecular flexibility index (Phi) is 6.40. The number of amides is 1. The third-order valence-electron chi connectivity index (χ3n) is 4.38. The fourth-order valence-electron chi connectivity index (χ4n) is 2.76. The van der Waals surface area contributed by atoms with Crippen molar-refractivity contribution in [1.82, 2.24) is 0 Å². The lowest BCUT2D eigenvalue weighted by Gasteiger charge is -2.12. The Labute approximate surface area is 186 Å². The van der Waals surface area contributed by atoms with Crippen LogP contribution in [0.4, 0.5) is 11.4 Å². The lowest BCUT2D eigenvalue weighted by Crippen LogP contribution is -2.15. The molecule has 0 fully saturated rings. The number of carbonyl (C=O) groups excluding carboxylic acids is 1. The molecule has 0 aliphatic rings. The van der Waals surface area contributed by atoms with Crippen LogP contribution >= 0.6 is 11.6 Å². The molecule has 0 heterocycles. The average Bonchev–Trinajstić information content (AvgIpc) is 2.67. The summed E-state index contributed by atoms with van der Waals surface area (Å²) in [7, 11) is -7.31. The number of benzene rings is 3. The van der Waals surface area contributed by atoms with Crippen LogP contribution in [0.3, 0.4) is 0 Å². The normalized spacial score (nSPS) is 11.7. The second-order valence-corrected chi connectivity index (χ2v) is 11.0. The minimum absolute atomic E-state index is 0.0349. The molecule has 3 aromatic rings. The number of rotatable bonds is 6. The summed E-state index contributed by atoms with van der Waals surface area (Å²) in [6.07, 6.45) is 1.07. The van der Waals surface area contributed by atoms with Gasteiger partial charge in [-0.15, -0.1) is 0 Å². The molecule has 2 N–H and O–H groups in total. The smallest absolute Gasteiger partial charge is 0.261 e. The van der Waals surface area contributed by atoms with E-state index in [0.29, 0.717) is 16.3 Å². The van der Waals surface area contributed by atoms with E-state index in [4.69, 9.17) is 11.6 Å². The van der Waals surface area contributed by atoms with Gasteiger partial charge in [0.25, 0.3) is 15.9 Å². The maximum Gasteiger partial charge on any atom is 0.261 e. The third-order valence-corrected chi connectivity index (χ3v) is 7.14. The van der Waals surface area contributed by atoms with Crippen molar-refractivity contribution in [3.05, 3.63) is 82.9 Å². The van der Waals surface area contributed by atoms with Gasteiger partial charge in [-0.25, -0.2) is 16.8 Å². The number of carbonyl (C=O) groups is 1. The largest absolute Gasteiger partial charge is 0.322 e. The number of sulfonamides is 1. The fourth-order valence-corrected chi connectivity index (χ4v) is 4.59. The van der Waals surface area contributed by atoms with Crippen molar-refractivity contribution in [3.63, 3.8) is 0 Å². The summed E-state index contributed by atoms with van der Waals surface area (Å²) in [6.45, 7) is 1.69. The monoisotopic (exact) mass is 478 g/mol. The van der Waals surface area contributed by atoms with Crippen molar-refractivity contribution in [1.29, 1.82) is 0 Å². The molecule has 31 heavy (non-hydrogen) atoms. The first kappa shape index (κ1) is 22.8. The average molecular weight is 479 g/mol. The number of nitrogens with one attached hydrogen (secondary N) is 2. The van der Waals surface area contributed by atoms with Gasteiger partial charge in [0.05, 0.1) is 15.5 Å². The molecule has 0 radical (unpaired) electrons. The molecule has 0 spiro atoms. The van der Waals surface area contributed by atoms with Crippen LogP contribution in [0.25, 0.3) is 0 Å². The van der Waals surface area contributed by atoms with Crippen molar-refractivity contribution in [2.75, 3.05) is 16.3 Å². The predicted molar refractivity (Wildman–Crippen MR) is 121 cm³/mol. The van der Waals surface area contributed by atoms with Crippen LogP contribution in [-0.2, 0) is 19.9 Å². The molecule has 0 saturated heterocycles. The number of hydrogen-bond acceptors (Lipinski definition) is 5. The number of aryl methyl sites for hydroxylation is 1. The molecule has 1 amide bonds. The molecule has 3 rings (SSSR count). The van der Waals surface area contributed by atoms with Crippen LogP contribution in [0, 0.1) is 6.92 Å². The zero-order chi connectivity index (χ0) is 22.8. The van der Waals surface area contributed by atoms with Gasteiger partial charge in [0.15, 0.2) is 9.84 Å². The van der Waals surface area contributed by atoms with E-state index >= 15 is 0 Å². The van der Waals surface area contributed by atoms with Gasteiger partial charge in [-0.05, 0) is 67.1 Å². The number of halogens is 1. The topological polar surface area (TPSA) is 109 Å². The predicted octanol–water partition coefficient (Wildman–Crippen LogP) is 4.11. The SMILES string of the molecule is Cc1ccc(S(C)(=O)=O)cc1C(=O)Nc1cccc(NS(=O)(=O)c2ccc(Cl)cc2)c1. The van der Waals surface area contributed by atoms with Crippen LogP contribution < -0.4 is 10.0 Å².